The van der Waals surface area contributed by atoms with E-state index < -0.39 is 0 Å². The second kappa shape index (κ2) is 7.11. The maximum absolute atomic E-state index is 10.3. The van der Waals surface area contributed by atoms with Gasteiger partial charge in [0, 0.05) is 0 Å². The Kier molecular flexibility index (Phi) is 6.12. The van der Waals surface area contributed by atoms with Crippen LogP contribution in [0.25, 0.3) is 0 Å². The molecule has 1 aliphatic rings. The Balaban J connectivity index is 2.17. The second-order valence-corrected chi connectivity index (χ2v) is 5.66. The first-order valence-electron chi connectivity index (χ1n) is 6.98. The SMILES string of the molecule is C=CCCCCCC(O)C1(C)CCCCC1. The summed E-state index contributed by atoms with van der Waals surface area (Å²) in [4.78, 5) is 0. The average molecular weight is 224 g/mol. The third kappa shape index (κ3) is 4.29. The van der Waals surface area contributed by atoms with E-state index in [1.807, 2.05) is 6.08 Å². The van der Waals surface area contributed by atoms with Gasteiger partial charge in [0.05, 0.1) is 6.10 Å². The lowest BCUT2D eigenvalue weighted by atomic mass is 9.70. The summed E-state index contributed by atoms with van der Waals surface area (Å²) in [7, 11) is 0. The van der Waals surface area contributed by atoms with Crippen LogP contribution in [-0.4, -0.2) is 11.2 Å². The lowest BCUT2D eigenvalue weighted by Gasteiger charge is -2.38. The van der Waals surface area contributed by atoms with Crippen LogP contribution in [0.1, 0.15) is 71.1 Å². The van der Waals surface area contributed by atoms with E-state index in [0.717, 1.165) is 12.8 Å². The van der Waals surface area contributed by atoms with Crippen molar-refractivity contribution in [2.75, 3.05) is 0 Å². The molecule has 0 spiro atoms. The maximum Gasteiger partial charge on any atom is 0.0593 e. The van der Waals surface area contributed by atoms with Crippen molar-refractivity contribution in [3.8, 4) is 0 Å². The molecule has 1 unspecified atom stereocenters. The van der Waals surface area contributed by atoms with Gasteiger partial charge >= 0.3 is 0 Å². The minimum Gasteiger partial charge on any atom is -0.393 e. The Bertz CT molecular complexity index is 192. The first-order chi connectivity index (χ1) is 7.69. The Morgan fingerprint density at radius 3 is 2.50 bits per heavy atom. The molecule has 0 saturated heterocycles. The highest BCUT2D eigenvalue weighted by Gasteiger charge is 2.33. The Hall–Kier alpha value is -0.300. The summed E-state index contributed by atoms with van der Waals surface area (Å²) < 4.78 is 0. The van der Waals surface area contributed by atoms with Gasteiger partial charge in [0.15, 0.2) is 0 Å². The van der Waals surface area contributed by atoms with Crippen LogP contribution in [0.3, 0.4) is 0 Å². The molecule has 1 saturated carbocycles. The topological polar surface area (TPSA) is 20.2 Å². The largest absolute Gasteiger partial charge is 0.393 e. The summed E-state index contributed by atoms with van der Waals surface area (Å²) in [5.41, 5.74) is 0.219. The van der Waals surface area contributed by atoms with Gasteiger partial charge in [-0.25, -0.2) is 0 Å². The highest BCUT2D eigenvalue weighted by Crippen LogP contribution is 2.40. The van der Waals surface area contributed by atoms with Crippen LogP contribution in [0, 0.1) is 5.41 Å². The van der Waals surface area contributed by atoms with Gasteiger partial charge < -0.3 is 5.11 Å². The van der Waals surface area contributed by atoms with Gasteiger partial charge in [0.2, 0.25) is 0 Å². The molecule has 0 heterocycles. The Labute approximate surface area is 101 Å². The van der Waals surface area contributed by atoms with Gasteiger partial charge in [-0.15, -0.1) is 6.58 Å². The number of aliphatic hydroxyl groups is 1. The van der Waals surface area contributed by atoms with E-state index in [2.05, 4.69) is 13.5 Å². The van der Waals surface area contributed by atoms with Crippen LogP contribution in [0.2, 0.25) is 0 Å². The molecule has 0 aromatic rings. The standard InChI is InChI=1S/C15H28O/c1-3-4-5-6-8-11-14(16)15(2)12-9-7-10-13-15/h3,14,16H,1,4-13H2,2H3. The first kappa shape index (κ1) is 13.8. The van der Waals surface area contributed by atoms with Gasteiger partial charge in [-0.2, -0.15) is 0 Å². The molecule has 1 heteroatoms. The molecule has 0 amide bonds. The zero-order chi connectivity index (χ0) is 11.9. The summed E-state index contributed by atoms with van der Waals surface area (Å²) in [6.45, 7) is 6.01. The summed E-state index contributed by atoms with van der Waals surface area (Å²) in [6, 6.07) is 0. The molecule has 0 aliphatic heterocycles. The molecule has 1 nitrogen and oxygen atoms in total. The molecule has 1 atom stereocenters. The van der Waals surface area contributed by atoms with Gasteiger partial charge in [-0.1, -0.05) is 45.1 Å². The number of hydrogen-bond donors (Lipinski definition) is 1. The van der Waals surface area contributed by atoms with Crippen molar-refractivity contribution in [2.45, 2.75) is 77.2 Å². The van der Waals surface area contributed by atoms with Crippen molar-refractivity contribution in [1.29, 1.82) is 0 Å². The molecule has 1 fully saturated rings. The third-order valence-corrected chi connectivity index (χ3v) is 4.19. The Morgan fingerprint density at radius 1 is 1.19 bits per heavy atom. The van der Waals surface area contributed by atoms with E-state index in [9.17, 15) is 5.11 Å². The maximum atomic E-state index is 10.3. The minimum atomic E-state index is -0.0727. The van der Waals surface area contributed by atoms with E-state index in [0.29, 0.717) is 0 Å². The van der Waals surface area contributed by atoms with Gasteiger partial charge in [-0.3, -0.25) is 0 Å². The molecule has 0 bridgehead atoms. The Morgan fingerprint density at radius 2 is 1.88 bits per heavy atom. The predicted octanol–water partition coefficient (Wildman–Crippen LogP) is 4.45. The number of hydrogen-bond acceptors (Lipinski definition) is 1. The number of unbranched alkanes of at least 4 members (excludes halogenated alkanes) is 3. The van der Waals surface area contributed by atoms with Gasteiger partial charge in [-0.05, 0) is 37.5 Å². The van der Waals surface area contributed by atoms with E-state index in [1.54, 1.807) is 0 Å². The van der Waals surface area contributed by atoms with Crippen molar-refractivity contribution in [3.05, 3.63) is 12.7 Å². The molecule has 16 heavy (non-hydrogen) atoms. The number of rotatable bonds is 7. The molecular weight excluding hydrogens is 196 g/mol. The van der Waals surface area contributed by atoms with E-state index in [4.69, 9.17) is 0 Å². The van der Waals surface area contributed by atoms with Crippen LogP contribution in [-0.2, 0) is 0 Å². The van der Waals surface area contributed by atoms with Crippen molar-refractivity contribution >= 4 is 0 Å². The fourth-order valence-electron chi connectivity index (χ4n) is 2.84. The second-order valence-electron chi connectivity index (χ2n) is 5.66. The summed E-state index contributed by atoms with van der Waals surface area (Å²) in [5, 5.41) is 10.3. The molecule has 94 valence electrons. The molecule has 1 rings (SSSR count). The molecule has 1 N–H and O–H groups in total. The summed E-state index contributed by atoms with van der Waals surface area (Å²) >= 11 is 0. The van der Waals surface area contributed by atoms with E-state index in [1.165, 1.54) is 51.4 Å². The highest BCUT2D eigenvalue weighted by molar-refractivity contribution is 4.85. The van der Waals surface area contributed by atoms with Crippen LogP contribution in [0.15, 0.2) is 12.7 Å². The fraction of sp³-hybridized carbons (Fsp3) is 0.867. The fourth-order valence-corrected chi connectivity index (χ4v) is 2.84. The predicted molar refractivity (Wildman–Crippen MR) is 70.5 cm³/mol. The van der Waals surface area contributed by atoms with Gasteiger partial charge in [0.25, 0.3) is 0 Å². The van der Waals surface area contributed by atoms with Crippen molar-refractivity contribution in [3.63, 3.8) is 0 Å². The monoisotopic (exact) mass is 224 g/mol. The zero-order valence-corrected chi connectivity index (χ0v) is 10.9. The third-order valence-electron chi connectivity index (χ3n) is 4.19. The molecule has 0 aromatic carbocycles. The zero-order valence-electron chi connectivity index (χ0n) is 10.9. The lowest BCUT2D eigenvalue weighted by molar-refractivity contribution is 0.00270. The normalized spacial score (nSPS) is 21.6. The first-order valence-corrected chi connectivity index (χ1v) is 6.98. The smallest absolute Gasteiger partial charge is 0.0593 e. The van der Waals surface area contributed by atoms with Crippen LogP contribution < -0.4 is 0 Å². The summed E-state index contributed by atoms with van der Waals surface area (Å²) in [5.74, 6) is 0. The molecule has 1 aliphatic carbocycles. The minimum absolute atomic E-state index is 0.0727. The molecule has 0 radical (unpaired) electrons. The highest BCUT2D eigenvalue weighted by atomic mass is 16.3. The quantitative estimate of drug-likeness (QED) is 0.500. The van der Waals surface area contributed by atoms with Crippen LogP contribution in [0.4, 0.5) is 0 Å². The summed E-state index contributed by atoms with van der Waals surface area (Å²) in [6.07, 6.45) is 14.1. The van der Waals surface area contributed by atoms with Crippen LogP contribution in [0.5, 0.6) is 0 Å². The van der Waals surface area contributed by atoms with Crippen LogP contribution >= 0.6 is 0 Å². The number of aliphatic hydroxyl groups excluding tert-OH is 1. The van der Waals surface area contributed by atoms with Gasteiger partial charge in [0.1, 0.15) is 0 Å². The average Bonchev–Trinajstić information content (AvgIpc) is 2.29. The van der Waals surface area contributed by atoms with E-state index >= 15 is 0 Å². The van der Waals surface area contributed by atoms with Crippen molar-refractivity contribution in [2.24, 2.45) is 5.41 Å². The molecule has 0 aromatic heterocycles. The lowest BCUT2D eigenvalue weighted by Crippen LogP contribution is -2.34. The molecular formula is C15H28O. The number of allylic oxidation sites excluding steroid dienone is 1. The van der Waals surface area contributed by atoms with Crippen molar-refractivity contribution < 1.29 is 5.11 Å². The van der Waals surface area contributed by atoms with Crippen molar-refractivity contribution in [1.82, 2.24) is 0 Å². The van der Waals surface area contributed by atoms with E-state index in [-0.39, 0.29) is 11.5 Å².